The smallest absolute Gasteiger partial charge is 0.294 e. The van der Waals surface area contributed by atoms with E-state index in [0.29, 0.717) is 10.4 Å². The van der Waals surface area contributed by atoms with Crippen LogP contribution in [0.1, 0.15) is 95.1 Å². The normalized spacial score (nSPS) is 11.5. The maximum atomic E-state index is 6.49. The van der Waals surface area contributed by atoms with E-state index in [1.807, 2.05) is 71.6 Å². The van der Waals surface area contributed by atoms with Gasteiger partial charge in [0.1, 0.15) is 5.01 Å². The molecular weight excluding hydrogens is 1640 g/mol. The van der Waals surface area contributed by atoms with E-state index in [1.165, 1.54) is 150 Å². The van der Waals surface area contributed by atoms with Crippen molar-refractivity contribution in [2.45, 2.75) is 117 Å². The third-order valence-electron chi connectivity index (χ3n) is 21.9. The summed E-state index contributed by atoms with van der Waals surface area (Å²) >= 11 is 27.5. The van der Waals surface area contributed by atoms with Crippen LogP contribution in [0.3, 0.4) is 0 Å². The fourth-order valence-electron chi connectivity index (χ4n) is 16.3. The number of thiazole rings is 1. The fourth-order valence-corrected chi connectivity index (χ4v) is 19.9. The first-order chi connectivity index (χ1) is 58.5. The first-order valence-electron chi connectivity index (χ1n) is 40.1. The summed E-state index contributed by atoms with van der Waals surface area (Å²) in [5, 5.41) is 21.8. The van der Waals surface area contributed by atoms with Crippen LogP contribution in [0.25, 0.3) is 109 Å². The molecule has 0 aliphatic rings. The number of hydrogen-bond donors (Lipinski definition) is 0. The average molecular weight is 1740 g/mol. The van der Waals surface area contributed by atoms with Gasteiger partial charge in [0.15, 0.2) is 0 Å². The van der Waals surface area contributed by atoms with Crippen LogP contribution in [0.15, 0.2) is 246 Å². The summed E-state index contributed by atoms with van der Waals surface area (Å²) in [5.41, 5.74) is 30.0. The molecule has 9 aromatic carbocycles. The van der Waals surface area contributed by atoms with E-state index < -0.39 is 0 Å². The van der Waals surface area contributed by atoms with Crippen molar-refractivity contribution in [2.75, 3.05) is 26.7 Å². The Morgan fingerprint density at radius 2 is 0.775 bits per heavy atom. The SMILES string of the molecule is CCc1c(-c2ccc(SC)cc2)c2cc(C)ccc2n1Cc1ccccc1Cl.CCc1c(-c2ccc(SC)nc2)c2cc(C)ccc2n1Cc1ccccc1Cl.CCc1c(-c2cn3nc(OC)sc3n2)c2cc(C)ccc2n1Cc1ccccc1Cl.CCc1c(-c2cn3nc(OC)sc3n2)c2cc(C)ccc2n1Cc1csc(-c2ccccc2)n1. The predicted molar refractivity (Wildman–Crippen MR) is 508 cm³/mol. The number of halogens is 3. The van der Waals surface area contributed by atoms with Gasteiger partial charge in [-0.15, -0.1) is 45.1 Å². The second-order valence-corrected chi connectivity index (χ2v) is 35.2. The van der Waals surface area contributed by atoms with Crippen LogP contribution in [-0.2, 0) is 51.9 Å². The lowest BCUT2D eigenvalue weighted by Crippen LogP contribution is -2.05. The molecule has 19 rings (SSSR count). The van der Waals surface area contributed by atoms with Crippen molar-refractivity contribution in [1.82, 2.24) is 57.4 Å². The summed E-state index contributed by atoms with van der Waals surface area (Å²) in [6.07, 6.45) is 13.9. The Morgan fingerprint density at radius 1 is 0.392 bits per heavy atom. The number of nitrogens with zero attached hydrogens (tertiary/aromatic N) is 12. The quantitative estimate of drug-likeness (QED) is 0.0642. The second-order valence-electron chi connectivity index (χ2n) is 29.6. The van der Waals surface area contributed by atoms with Gasteiger partial charge in [0, 0.05) is 151 Å². The van der Waals surface area contributed by atoms with Crippen molar-refractivity contribution < 1.29 is 9.47 Å². The van der Waals surface area contributed by atoms with Crippen molar-refractivity contribution >= 4 is 146 Å². The molecule has 0 N–H and O–H groups in total. The molecule has 0 spiro atoms. The molecule has 0 amide bonds. The van der Waals surface area contributed by atoms with Gasteiger partial charge >= 0.3 is 0 Å². The number of pyridine rings is 1. The first-order valence-corrected chi connectivity index (χ1v) is 46.2. The standard InChI is InChI=1S/C26H23N5OS2.C25H24ClNS.C24H23ClN2S.C23H21ClN4OS/c1-4-21-23(20-14-31-25(28-20)34-26(29-31)32-3)19-12-16(2)10-11-22(19)30(21)13-18-15-33-24(27-18)17-8-6-5-7-9-17;1-4-23-25(18-10-12-20(28-3)13-11-18)21-15-17(2)9-14-24(21)27(23)16-19-7-5-6-8-22(19)26;1-4-21-24(17-10-12-23(28-3)26-14-17)19-13-16(2)9-11-22(19)27(21)15-18-7-5-6-8-20(18)25;1-4-19-21(18-13-28-22(25-18)30-23(26-28)29-3)16-11-14(2)9-10-20(16)27(19)12-15-7-5-6-8-17(15)24/h5-12,14-15H,4,13H2,1-3H3;5-15H,4,16H2,1-3H3;5-14H,4,15H2,1-3H3;5-11,13H,4,12H2,1-3H3. The topological polar surface area (TPSA) is 124 Å². The van der Waals surface area contributed by atoms with Gasteiger partial charge in [0.05, 0.1) is 55.3 Å². The molecule has 10 heterocycles. The summed E-state index contributed by atoms with van der Waals surface area (Å²) in [6.45, 7) is 20.4. The van der Waals surface area contributed by atoms with Crippen LogP contribution < -0.4 is 9.47 Å². The van der Waals surface area contributed by atoms with Crippen LogP contribution in [0, 0.1) is 27.7 Å². The molecule has 14 nitrogen and oxygen atoms in total. The largest absolute Gasteiger partial charge is 0.472 e. The highest BCUT2D eigenvalue weighted by Crippen LogP contribution is 2.44. The Balaban J connectivity index is 0.000000120. The van der Waals surface area contributed by atoms with Gasteiger partial charge in [-0.25, -0.2) is 29.0 Å². The molecule has 0 aliphatic heterocycles. The van der Waals surface area contributed by atoms with E-state index in [2.05, 4.69) is 271 Å². The van der Waals surface area contributed by atoms with Gasteiger partial charge in [0.2, 0.25) is 9.92 Å². The summed E-state index contributed by atoms with van der Waals surface area (Å²) in [4.78, 5) is 22.3. The summed E-state index contributed by atoms with van der Waals surface area (Å²) in [5.74, 6) is 0. The van der Waals surface area contributed by atoms with Crippen molar-refractivity contribution in [3.05, 3.63) is 319 Å². The molecule has 0 unspecified atom stereocenters. The Hall–Kier alpha value is -10.7. The Labute approximate surface area is 735 Å². The van der Waals surface area contributed by atoms with Gasteiger partial charge in [-0.05, 0) is 196 Å². The minimum Gasteiger partial charge on any atom is -0.472 e. The molecule has 606 valence electrons. The third kappa shape index (κ3) is 17.0. The molecular formula is C98H91Cl3N12O2S5. The molecule has 0 atom stereocenters. The van der Waals surface area contributed by atoms with E-state index in [-0.39, 0.29) is 0 Å². The van der Waals surface area contributed by atoms with Crippen molar-refractivity contribution in [1.29, 1.82) is 0 Å². The van der Waals surface area contributed by atoms with E-state index in [1.54, 1.807) is 53.6 Å². The van der Waals surface area contributed by atoms with Crippen molar-refractivity contribution in [2.24, 2.45) is 0 Å². The van der Waals surface area contributed by atoms with Gasteiger partial charge in [-0.1, -0.05) is 212 Å². The van der Waals surface area contributed by atoms with Crippen LogP contribution >= 0.6 is 92.3 Å². The van der Waals surface area contributed by atoms with Crippen LogP contribution in [0.5, 0.6) is 10.4 Å². The number of imidazole rings is 2. The van der Waals surface area contributed by atoms with Crippen LogP contribution in [0.4, 0.5) is 0 Å². The predicted octanol–water partition coefficient (Wildman–Crippen LogP) is 27.1. The number of rotatable bonds is 21. The fraction of sp³-hybridized carbons (Fsp3) is 0.204. The number of aromatic nitrogens is 12. The summed E-state index contributed by atoms with van der Waals surface area (Å²) in [7, 11) is 3.26. The third-order valence-corrected chi connectivity index (χ3v) is 27.1. The van der Waals surface area contributed by atoms with Gasteiger partial charge < -0.3 is 27.7 Å². The van der Waals surface area contributed by atoms with Gasteiger partial charge in [-0.3, -0.25) is 0 Å². The highest BCUT2D eigenvalue weighted by atomic mass is 35.5. The lowest BCUT2D eigenvalue weighted by Gasteiger charge is -2.12. The zero-order valence-corrected chi connectivity index (χ0v) is 75.4. The average Bonchev–Trinajstić information content (AvgIpc) is 1.47. The molecule has 0 aliphatic carbocycles. The molecule has 0 radical (unpaired) electrons. The molecule has 0 saturated carbocycles. The number of fused-ring (bicyclic) bond motifs is 6. The zero-order valence-electron chi connectivity index (χ0n) is 69.0. The van der Waals surface area contributed by atoms with Crippen LogP contribution in [0.2, 0.25) is 15.1 Å². The number of aryl methyl sites for hydroxylation is 4. The van der Waals surface area contributed by atoms with Gasteiger partial charge in [-0.2, -0.15) is 0 Å². The number of hydrogen-bond acceptors (Lipinski definition) is 13. The minimum atomic E-state index is 0.608. The number of benzene rings is 9. The first kappa shape index (κ1) is 83.0. The van der Waals surface area contributed by atoms with E-state index in [4.69, 9.17) is 59.2 Å². The minimum absolute atomic E-state index is 0.608. The Morgan fingerprint density at radius 3 is 1.15 bits per heavy atom. The molecule has 0 saturated heterocycles. The molecule has 0 fully saturated rings. The Kier molecular flexibility index (Phi) is 25.4. The van der Waals surface area contributed by atoms with Crippen molar-refractivity contribution in [3.63, 3.8) is 0 Å². The van der Waals surface area contributed by atoms with Crippen molar-refractivity contribution in [3.8, 4) is 65.7 Å². The van der Waals surface area contributed by atoms with E-state index in [9.17, 15) is 0 Å². The molecule has 10 aromatic heterocycles. The number of ether oxygens (including phenoxy) is 2. The maximum absolute atomic E-state index is 6.49. The van der Waals surface area contributed by atoms with E-state index in [0.717, 1.165) is 126 Å². The van der Waals surface area contributed by atoms with E-state index >= 15 is 0 Å². The lowest BCUT2D eigenvalue weighted by atomic mass is 10.00. The number of methoxy groups -OCH3 is 2. The number of thioether (sulfide) groups is 2. The molecule has 22 heteroatoms. The second kappa shape index (κ2) is 36.7. The Bertz CT molecular complexity index is 6660. The van der Waals surface area contributed by atoms with Gasteiger partial charge in [0.25, 0.3) is 10.4 Å². The highest BCUT2D eigenvalue weighted by molar-refractivity contribution is 7.98. The zero-order chi connectivity index (χ0) is 83.4. The van der Waals surface area contributed by atoms with Crippen LogP contribution in [-0.4, -0.2) is 84.2 Å². The molecule has 19 aromatic rings. The highest BCUT2D eigenvalue weighted by Gasteiger charge is 2.27. The molecule has 120 heavy (non-hydrogen) atoms. The molecule has 0 bridgehead atoms. The summed E-state index contributed by atoms with van der Waals surface area (Å²) < 4.78 is 23.7. The lowest BCUT2D eigenvalue weighted by molar-refractivity contribution is 0.405. The maximum Gasteiger partial charge on any atom is 0.294 e. The summed E-state index contributed by atoms with van der Waals surface area (Å²) in [6, 6.07) is 74.6. The monoisotopic (exact) mass is 1730 g/mol.